The molecule has 0 amide bonds. The van der Waals surface area contributed by atoms with Gasteiger partial charge in [-0.2, -0.15) is 0 Å². The molecule has 0 aliphatic carbocycles. The van der Waals surface area contributed by atoms with Gasteiger partial charge in [0.25, 0.3) is 5.69 Å². The van der Waals surface area contributed by atoms with Crippen molar-refractivity contribution >= 4 is 21.6 Å². The number of nitro groups is 1. The van der Waals surface area contributed by atoms with Crippen LogP contribution >= 0.6 is 15.9 Å². The van der Waals surface area contributed by atoms with Crippen LogP contribution in [0, 0.1) is 24.0 Å². The third-order valence-corrected chi connectivity index (χ3v) is 4.30. The van der Waals surface area contributed by atoms with Gasteiger partial charge in [-0.3, -0.25) is 10.1 Å². The van der Waals surface area contributed by atoms with Crippen molar-refractivity contribution in [3.05, 3.63) is 79.6 Å². The smallest absolute Gasteiger partial charge is 0.271 e. The Bertz CT molecular complexity index is 871. The normalized spacial score (nSPS) is 11.2. The summed E-state index contributed by atoms with van der Waals surface area (Å²) < 4.78 is 11.6. The zero-order valence-corrected chi connectivity index (χ0v) is 14.5. The van der Waals surface area contributed by atoms with Crippen molar-refractivity contribution in [2.75, 3.05) is 0 Å². The molecule has 0 atom stereocenters. The van der Waals surface area contributed by atoms with E-state index in [1.165, 1.54) is 12.1 Å². The van der Waals surface area contributed by atoms with Crippen molar-refractivity contribution in [2.45, 2.75) is 19.8 Å². The van der Waals surface area contributed by atoms with Gasteiger partial charge in [0.15, 0.2) is 0 Å². The van der Waals surface area contributed by atoms with Crippen molar-refractivity contribution in [1.82, 2.24) is 0 Å². The molecule has 0 saturated heterocycles. The number of furan rings is 2. The number of phenols is 1. The second-order valence-corrected chi connectivity index (χ2v) is 6.31. The maximum absolute atomic E-state index is 11.2. The molecule has 6 nitrogen and oxygen atoms in total. The Hall–Kier alpha value is -2.54. The van der Waals surface area contributed by atoms with Crippen molar-refractivity contribution in [1.29, 1.82) is 0 Å². The first kappa shape index (κ1) is 16.3. The lowest BCUT2D eigenvalue weighted by atomic mass is 9.92. The summed E-state index contributed by atoms with van der Waals surface area (Å²) in [6, 6.07) is 9.72. The number of rotatable bonds is 4. The van der Waals surface area contributed by atoms with Crippen LogP contribution < -0.4 is 0 Å². The van der Waals surface area contributed by atoms with Crippen molar-refractivity contribution in [3.63, 3.8) is 0 Å². The molecule has 24 heavy (non-hydrogen) atoms. The van der Waals surface area contributed by atoms with Crippen LogP contribution in [0.2, 0.25) is 0 Å². The van der Waals surface area contributed by atoms with Gasteiger partial charge in [-0.25, -0.2) is 0 Å². The maximum Gasteiger partial charge on any atom is 0.271 e. The molecule has 0 unspecified atom stereocenters. The highest BCUT2D eigenvalue weighted by Crippen LogP contribution is 2.43. The molecule has 2 aromatic heterocycles. The molecule has 0 radical (unpaired) electrons. The summed E-state index contributed by atoms with van der Waals surface area (Å²) in [5, 5.41) is 21.6. The standard InChI is InChI=1S/C17H14BrNO5/c1-9-3-5-14(23-9)16(15-6-4-10(2)24-15)12-7-11(19(21)22)8-13(18)17(12)20/h3-8,16,20H,1-2H3. The Balaban J connectivity index is 2.25. The number of aryl methyl sites for hydroxylation is 2. The number of halogens is 1. The highest BCUT2D eigenvalue weighted by atomic mass is 79.9. The third kappa shape index (κ3) is 2.94. The van der Waals surface area contributed by atoms with E-state index in [1.54, 1.807) is 38.1 Å². The molecule has 0 aliphatic heterocycles. The predicted octanol–water partition coefficient (Wildman–Crippen LogP) is 5.05. The van der Waals surface area contributed by atoms with E-state index in [2.05, 4.69) is 15.9 Å². The molecular weight excluding hydrogens is 378 g/mol. The molecule has 0 fully saturated rings. The molecule has 0 spiro atoms. The zero-order valence-electron chi connectivity index (χ0n) is 12.9. The molecule has 0 aliphatic rings. The highest BCUT2D eigenvalue weighted by Gasteiger charge is 2.29. The Morgan fingerprint density at radius 3 is 2.04 bits per heavy atom. The van der Waals surface area contributed by atoms with E-state index >= 15 is 0 Å². The van der Waals surface area contributed by atoms with Crippen LogP contribution in [0.3, 0.4) is 0 Å². The minimum Gasteiger partial charge on any atom is -0.506 e. The van der Waals surface area contributed by atoms with Gasteiger partial charge in [-0.1, -0.05) is 0 Å². The fraction of sp³-hybridized carbons (Fsp3) is 0.176. The average molecular weight is 392 g/mol. The van der Waals surface area contributed by atoms with Crippen molar-refractivity contribution in [3.8, 4) is 5.75 Å². The third-order valence-electron chi connectivity index (χ3n) is 3.69. The summed E-state index contributed by atoms with van der Waals surface area (Å²) in [7, 11) is 0. The fourth-order valence-corrected chi connectivity index (χ4v) is 3.06. The van der Waals surface area contributed by atoms with Gasteiger partial charge in [0.1, 0.15) is 34.7 Å². The first-order valence-corrected chi connectivity index (χ1v) is 7.95. The maximum atomic E-state index is 11.2. The van der Waals surface area contributed by atoms with Crippen LogP contribution in [0.5, 0.6) is 5.75 Å². The summed E-state index contributed by atoms with van der Waals surface area (Å²) in [4.78, 5) is 10.7. The van der Waals surface area contributed by atoms with E-state index < -0.39 is 10.8 Å². The van der Waals surface area contributed by atoms with Crippen LogP contribution in [-0.2, 0) is 0 Å². The largest absolute Gasteiger partial charge is 0.506 e. The second-order valence-electron chi connectivity index (χ2n) is 5.45. The van der Waals surface area contributed by atoms with Gasteiger partial charge < -0.3 is 13.9 Å². The van der Waals surface area contributed by atoms with Crippen LogP contribution in [0.4, 0.5) is 5.69 Å². The monoisotopic (exact) mass is 391 g/mol. The number of hydrogen-bond acceptors (Lipinski definition) is 5. The van der Waals surface area contributed by atoms with Gasteiger partial charge in [0, 0.05) is 17.7 Å². The van der Waals surface area contributed by atoms with Crippen molar-refractivity contribution < 1.29 is 18.9 Å². The van der Waals surface area contributed by atoms with E-state index in [9.17, 15) is 15.2 Å². The highest BCUT2D eigenvalue weighted by molar-refractivity contribution is 9.10. The summed E-state index contributed by atoms with van der Waals surface area (Å²) in [6.45, 7) is 3.61. The summed E-state index contributed by atoms with van der Waals surface area (Å²) >= 11 is 3.17. The van der Waals surface area contributed by atoms with Gasteiger partial charge in [-0.05, 0) is 54.0 Å². The summed E-state index contributed by atoms with van der Waals surface area (Å²) in [5.74, 6) is 1.77. The molecule has 7 heteroatoms. The van der Waals surface area contributed by atoms with Crippen LogP contribution in [0.25, 0.3) is 0 Å². The predicted molar refractivity (Wildman–Crippen MR) is 90.3 cm³/mol. The van der Waals surface area contributed by atoms with Gasteiger partial charge in [-0.15, -0.1) is 0 Å². The second kappa shape index (κ2) is 6.16. The molecule has 0 bridgehead atoms. The zero-order chi connectivity index (χ0) is 17.4. The topological polar surface area (TPSA) is 89.7 Å². The Kier molecular flexibility index (Phi) is 4.19. The molecular formula is C17H14BrNO5. The summed E-state index contributed by atoms with van der Waals surface area (Å²) in [5.41, 5.74) is 0.200. The number of benzene rings is 1. The fourth-order valence-electron chi connectivity index (χ4n) is 2.59. The molecule has 1 N–H and O–H groups in total. The van der Waals surface area contributed by atoms with Crippen molar-refractivity contribution in [2.24, 2.45) is 0 Å². The van der Waals surface area contributed by atoms with Gasteiger partial charge >= 0.3 is 0 Å². The molecule has 3 rings (SSSR count). The van der Waals surface area contributed by atoms with Crippen LogP contribution in [-0.4, -0.2) is 10.0 Å². The Labute approximate surface area is 146 Å². The number of hydrogen-bond donors (Lipinski definition) is 1. The number of phenolic OH excluding ortho intramolecular Hbond substituents is 1. The van der Waals surface area contributed by atoms with Gasteiger partial charge in [0.05, 0.1) is 9.40 Å². The molecule has 124 valence electrons. The molecule has 1 aromatic carbocycles. The first-order chi connectivity index (χ1) is 11.4. The molecule has 0 saturated carbocycles. The quantitative estimate of drug-likeness (QED) is 0.496. The van der Waals surface area contributed by atoms with Crippen LogP contribution in [0.1, 0.15) is 34.5 Å². The van der Waals surface area contributed by atoms with E-state index in [0.29, 0.717) is 28.6 Å². The number of non-ortho nitro benzene ring substituents is 1. The van der Waals surface area contributed by atoms with E-state index in [4.69, 9.17) is 8.83 Å². The number of nitro benzene ring substituents is 1. The lowest BCUT2D eigenvalue weighted by Crippen LogP contribution is -2.03. The van der Waals surface area contributed by atoms with Gasteiger partial charge in [0.2, 0.25) is 0 Å². The van der Waals surface area contributed by atoms with Crippen LogP contribution in [0.15, 0.2) is 49.7 Å². The van der Waals surface area contributed by atoms with E-state index in [0.717, 1.165) is 0 Å². The lowest BCUT2D eigenvalue weighted by molar-refractivity contribution is -0.385. The minimum atomic E-state index is -0.594. The average Bonchev–Trinajstić information content (AvgIpc) is 3.12. The van der Waals surface area contributed by atoms with E-state index in [1.807, 2.05) is 0 Å². The minimum absolute atomic E-state index is 0.0892. The molecule has 3 aromatic rings. The summed E-state index contributed by atoms with van der Waals surface area (Å²) in [6.07, 6.45) is 0. The Morgan fingerprint density at radius 1 is 1.08 bits per heavy atom. The number of nitrogens with zero attached hydrogens (tertiary/aromatic N) is 1. The SMILES string of the molecule is Cc1ccc(C(c2ccc(C)o2)c2cc([N+](=O)[O-])cc(Br)c2O)o1. The lowest BCUT2D eigenvalue weighted by Gasteiger charge is -2.15. The molecule has 2 heterocycles. The first-order valence-electron chi connectivity index (χ1n) is 7.16. The number of aromatic hydroxyl groups is 1. The van der Waals surface area contributed by atoms with E-state index in [-0.39, 0.29) is 15.9 Å². The Morgan fingerprint density at radius 2 is 1.62 bits per heavy atom.